The van der Waals surface area contributed by atoms with Crippen LogP contribution in [0.4, 0.5) is 11.4 Å². The third kappa shape index (κ3) is 3.58. The number of nitro groups is 1. The van der Waals surface area contributed by atoms with Gasteiger partial charge in [-0.05, 0) is 38.1 Å². The van der Waals surface area contributed by atoms with E-state index < -0.39 is 22.3 Å². The van der Waals surface area contributed by atoms with Crippen LogP contribution in [0.1, 0.15) is 24.3 Å². The lowest BCUT2D eigenvalue weighted by molar-refractivity contribution is -0.385. The van der Waals surface area contributed by atoms with Crippen LogP contribution in [0.15, 0.2) is 48.9 Å². The summed E-state index contributed by atoms with van der Waals surface area (Å²) < 4.78 is 2.60. The number of anilines is 1. The number of benzene rings is 1. The van der Waals surface area contributed by atoms with E-state index in [2.05, 4.69) is 15.5 Å². The molecular formula is C17H16N6O5. The monoisotopic (exact) mass is 384 g/mol. The molecule has 0 aliphatic carbocycles. The highest BCUT2D eigenvalue weighted by Crippen LogP contribution is 2.22. The third-order valence-electron chi connectivity index (χ3n) is 4.08. The minimum absolute atomic E-state index is 0.101. The molecule has 0 fully saturated rings. The van der Waals surface area contributed by atoms with E-state index >= 15 is 0 Å². The van der Waals surface area contributed by atoms with Gasteiger partial charge in [-0.3, -0.25) is 19.6 Å². The van der Waals surface area contributed by atoms with E-state index in [0.29, 0.717) is 11.4 Å². The quantitative estimate of drug-likeness (QED) is 0.488. The van der Waals surface area contributed by atoms with Crippen molar-refractivity contribution >= 4 is 23.3 Å². The fraction of sp³-hybridized carbons (Fsp3) is 0.176. The zero-order valence-electron chi connectivity index (χ0n) is 14.9. The summed E-state index contributed by atoms with van der Waals surface area (Å²) in [5.41, 5.74) is -0.499. The predicted octanol–water partition coefficient (Wildman–Crippen LogP) is 2.05. The molecule has 1 aromatic carbocycles. The van der Waals surface area contributed by atoms with Crippen molar-refractivity contribution in [3.63, 3.8) is 0 Å². The highest BCUT2D eigenvalue weighted by molar-refractivity contribution is 5.96. The lowest BCUT2D eigenvalue weighted by Gasteiger charge is -2.24. The maximum absolute atomic E-state index is 12.7. The number of carboxylic acids is 1. The number of nitrogens with zero attached hydrogens (tertiary/aromatic N) is 5. The average Bonchev–Trinajstić information content (AvgIpc) is 3.32. The molecular weight excluding hydrogens is 368 g/mol. The molecule has 0 saturated heterocycles. The number of rotatable bonds is 6. The van der Waals surface area contributed by atoms with Crippen molar-refractivity contribution in [3.05, 3.63) is 64.7 Å². The Labute approximate surface area is 158 Å². The summed E-state index contributed by atoms with van der Waals surface area (Å²) in [6.45, 7) is 3.16. The third-order valence-corrected chi connectivity index (χ3v) is 4.08. The highest BCUT2D eigenvalue weighted by atomic mass is 16.6. The standard InChI is InChI=1S/C17H16N6O5/c1-17(2,22-10-13(9-18-22)23(27)28)16(26)19-11-4-3-5-12(8-11)21-7-6-14(20-21)15(24)25/h3-10H,1-2H3,(H,19,26)(H,24,25). The van der Waals surface area contributed by atoms with Gasteiger partial charge in [0.15, 0.2) is 5.69 Å². The second kappa shape index (κ2) is 6.95. The summed E-state index contributed by atoms with van der Waals surface area (Å²) in [4.78, 5) is 33.9. The number of nitrogens with one attached hydrogen (secondary N) is 1. The van der Waals surface area contributed by atoms with Crippen molar-refractivity contribution in [2.75, 3.05) is 5.32 Å². The lowest BCUT2D eigenvalue weighted by Crippen LogP contribution is -2.40. The van der Waals surface area contributed by atoms with E-state index in [1.807, 2.05) is 0 Å². The van der Waals surface area contributed by atoms with Gasteiger partial charge in [-0.1, -0.05) is 6.07 Å². The van der Waals surface area contributed by atoms with Crippen LogP contribution in [0.25, 0.3) is 5.69 Å². The topological polar surface area (TPSA) is 145 Å². The smallest absolute Gasteiger partial charge is 0.356 e. The number of hydrogen-bond acceptors (Lipinski definition) is 6. The zero-order chi connectivity index (χ0) is 20.5. The molecule has 144 valence electrons. The Balaban J connectivity index is 1.81. The normalized spacial score (nSPS) is 11.2. The SMILES string of the molecule is CC(C)(C(=O)Nc1cccc(-n2ccc(C(=O)O)n2)c1)n1cc([N+](=O)[O-])cn1. The fourth-order valence-corrected chi connectivity index (χ4v) is 2.41. The summed E-state index contributed by atoms with van der Waals surface area (Å²) in [7, 11) is 0. The molecule has 3 aromatic rings. The Morgan fingerprint density at radius 3 is 2.64 bits per heavy atom. The van der Waals surface area contributed by atoms with Crippen molar-refractivity contribution in [2.45, 2.75) is 19.4 Å². The number of aromatic nitrogens is 4. The maximum atomic E-state index is 12.7. The van der Waals surface area contributed by atoms with Gasteiger partial charge in [0, 0.05) is 11.9 Å². The average molecular weight is 384 g/mol. The first kappa shape index (κ1) is 18.8. The van der Waals surface area contributed by atoms with Gasteiger partial charge in [-0.25, -0.2) is 9.48 Å². The van der Waals surface area contributed by atoms with Gasteiger partial charge in [0.25, 0.3) is 5.91 Å². The molecule has 1 amide bonds. The van der Waals surface area contributed by atoms with Gasteiger partial charge in [0.2, 0.25) is 0 Å². The molecule has 0 aliphatic rings. The fourth-order valence-electron chi connectivity index (χ4n) is 2.41. The molecule has 0 atom stereocenters. The molecule has 2 N–H and O–H groups in total. The number of aromatic carboxylic acids is 1. The Hall–Kier alpha value is -4.02. The Bertz CT molecular complexity index is 1070. The summed E-state index contributed by atoms with van der Waals surface area (Å²) in [5, 5.41) is 30.4. The number of hydrogen-bond donors (Lipinski definition) is 2. The van der Waals surface area contributed by atoms with Crippen LogP contribution in [-0.4, -0.2) is 41.5 Å². The van der Waals surface area contributed by atoms with Gasteiger partial charge < -0.3 is 10.4 Å². The molecule has 11 nitrogen and oxygen atoms in total. The molecule has 0 bridgehead atoms. The van der Waals surface area contributed by atoms with Crippen LogP contribution in [0, 0.1) is 10.1 Å². The van der Waals surface area contributed by atoms with E-state index in [1.54, 1.807) is 38.1 Å². The molecule has 2 heterocycles. The first-order valence-electron chi connectivity index (χ1n) is 8.09. The number of carboxylic acid groups (broad SMARTS) is 1. The number of amides is 1. The zero-order valence-corrected chi connectivity index (χ0v) is 14.9. The summed E-state index contributed by atoms with van der Waals surface area (Å²) in [5.74, 6) is -1.58. The molecule has 11 heteroatoms. The highest BCUT2D eigenvalue weighted by Gasteiger charge is 2.32. The first-order valence-corrected chi connectivity index (χ1v) is 8.09. The second-order valence-electron chi connectivity index (χ2n) is 6.41. The van der Waals surface area contributed by atoms with Crippen LogP contribution in [0.3, 0.4) is 0 Å². The molecule has 2 aromatic heterocycles. The molecule has 0 aliphatic heterocycles. The molecule has 0 radical (unpaired) electrons. The largest absolute Gasteiger partial charge is 0.476 e. The summed E-state index contributed by atoms with van der Waals surface area (Å²) in [6.07, 6.45) is 3.76. The van der Waals surface area contributed by atoms with Crippen molar-refractivity contribution in [1.82, 2.24) is 19.6 Å². The second-order valence-corrected chi connectivity index (χ2v) is 6.41. The first-order chi connectivity index (χ1) is 13.2. The Morgan fingerprint density at radius 1 is 1.29 bits per heavy atom. The number of carbonyl (C=O) groups excluding carboxylic acids is 1. The van der Waals surface area contributed by atoms with E-state index in [9.17, 15) is 19.7 Å². The Morgan fingerprint density at radius 2 is 2.04 bits per heavy atom. The van der Waals surface area contributed by atoms with Crippen molar-refractivity contribution in [2.24, 2.45) is 0 Å². The van der Waals surface area contributed by atoms with Crippen LogP contribution in [0.2, 0.25) is 0 Å². The molecule has 28 heavy (non-hydrogen) atoms. The van der Waals surface area contributed by atoms with Gasteiger partial charge in [-0.2, -0.15) is 10.2 Å². The Kier molecular flexibility index (Phi) is 4.65. The molecule has 0 unspecified atom stereocenters. The van der Waals surface area contributed by atoms with Gasteiger partial charge in [0.05, 0.1) is 10.6 Å². The predicted molar refractivity (Wildman–Crippen MR) is 97.4 cm³/mol. The van der Waals surface area contributed by atoms with E-state index in [-0.39, 0.29) is 11.4 Å². The maximum Gasteiger partial charge on any atom is 0.356 e. The van der Waals surface area contributed by atoms with Gasteiger partial charge in [-0.15, -0.1) is 0 Å². The van der Waals surface area contributed by atoms with Gasteiger partial charge in [0.1, 0.15) is 17.9 Å². The lowest BCUT2D eigenvalue weighted by atomic mass is 10.0. The number of carbonyl (C=O) groups is 2. The molecule has 0 saturated carbocycles. The van der Waals surface area contributed by atoms with E-state index in [1.165, 1.54) is 27.8 Å². The van der Waals surface area contributed by atoms with Crippen LogP contribution in [-0.2, 0) is 10.3 Å². The van der Waals surface area contributed by atoms with Crippen molar-refractivity contribution in [3.8, 4) is 5.69 Å². The summed E-state index contributed by atoms with van der Waals surface area (Å²) in [6, 6.07) is 8.03. The minimum atomic E-state index is -1.19. The van der Waals surface area contributed by atoms with Crippen LogP contribution in [0.5, 0.6) is 0 Å². The van der Waals surface area contributed by atoms with Crippen molar-refractivity contribution < 1.29 is 19.6 Å². The summed E-state index contributed by atoms with van der Waals surface area (Å²) >= 11 is 0. The van der Waals surface area contributed by atoms with Gasteiger partial charge >= 0.3 is 11.7 Å². The van der Waals surface area contributed by atoms with Crippen molar-refractivity contribution in [1.29, 1.82) is 0 Å². The van der Waals surface area contributed by atoms with E-state index in [4.69, 9.17) is 5.11 Å². The molecule has 0 spiro atoms. The minimum Gasteiger partial charge on any atom is -0.476 e. The molecule has 3 rings (SSSR count). The van der Waals surface area contributed by atoms with E-state index in [0.717, 1.165) is 6.20 Å². The van der Waals surface area contributed by atoms with Crippen LogP contribution < -0.4 is 5.32 Å². The van der Waals surface area contributed by atoms with Crippen LogP contribution >= 0.6 is 0 Å².